The molecule has 8 nitrogen and oxygen atoms in total. The smallest absolute Gasteiger partial charge is 0.347 e. The first-order valence-corrected chi connectivity index (χ1v) is 11.3. The Morgan fingerprint density at radius 2 is 2.13 bits per heavy atom. The van der Waals surface area contributed by atoms with Gasteiger partial charge in [-0.1, -0.05) is 34.5 Å². The quantitative estimate of drug-likeness (QED) is 0.568. The van der Waals surface area contributed by atoms with Crippen molar-refractivity contribution in [2.45, 2.75) is 38.3 Å². The van der Waals surface area contributed by atoms with Gasteiger partial charge in [-0.05, 0) is 32.1 Å². The van der Waals surface area contributed by atoms with Crippen molar-refractivity contribution >= 4 is 51.5 Å². The zero-order chi connectivity index (χ0) is 21.4. The summed E-state index contributed by atoms with van der Waals surface area (Å²) in [5, 5.41) is 13.4. The number of aromatic carboxylic acids is 1. The fraction of sp³-hybridized carbons (Fsp3) is 0.526. The minimum atomic E-state index is -0.987. The fourth-order valence-electron chi connectivity index (χ4n) is 3.45. The van der Waals surface area contributed by atoms with Gasteiger partial charge in [-0.3, -0.25) is 4.79 Å². The standard InChI is InChI=1S/C19H22Cl2N4O4S/c1-9-14(20)15(21)16(23-9)17(26)24-11-4-5-25(7-12(11)29-8-10-2-3-10)19-22-6-13(30-19)18(27)28/h6,10-12,23H,2-5,7-8H2,1H3,(H,24,26)(H,27,28)/t11-,12+/m1/s1. The Hall–Kier alpha value is -1.81. The number of nitrogens with one attached hydrogen (secondary N) is 2. The van der Waals surface area contributed by atoms with Gasteiger partial charge >= 0.3 is 5.97 Å². The van der Waals surface area contributed by atoms with Gasteiger partial charge in [0.25, 0.3) is 5.91 Å². The number of H-pyrrole nitrogens is 1. The lowest BCUT2D eigenvalue weighted by atomic mass is 10.0. The molecule has 3 N–H and O–H groups in total. The van der Waals surface area contributed by atoms with E-state index in [1.54, 1.807) is 6.92 Å². The molecule has 0 spiro atoms. The van der Waals surface area contributed by atoms with E-state index in [1.165, 1.54) is 6.20 Å². The van der Waals surface area contributed by atoms with Crippen molar-refractivity contribution in [1.82, 2.24) is 15.3 Å². The Morgan fingerprint density at radius 1 is 1.37 bits per heavy atom. The SMILES string of the molecule is Cc1[nH]c(C(=O)N[C@@H]2CCN(c3ncc(C(=O)O)s3)C[C@@H]2OCC2CC2)c(Cl)c1Cl. The maximum Gasteiger partial charge on any atom is 0.347 e. The number of piperidine rings is 1. The molecule has 0 unspecified atom stereocenters. The first kappa shape index (κ1) is 21.4. The molecule has 11 heteroatoms. The van der Waals surface area contributed by atoms with Crippen LogP contribution in [0.1, 0.15) is 45.1 Å². The third-order valence-electron chi connectivity index (χ3n) is 5.37. The number of carbonyl (C=O) groups excluding carboxylic acids is 1. The van der Waals surface area contributed by atoms with Crippen LogP contribution >= 0.6 is 34.5 Å². The molecule has 4 rings (SSSR count). The molecule has 3 heterocycles. The van der Waals surface area contributed by atoms with Crippen LogP contribution in [0.3, 0.4) is 0 Å². The van der Waals surface area contributed by atoms with E-state index in [9.17, 15) is 9.59 Å². The Morgan fingerprint density at radius 3 is 2.73 bits per heavy atom. The van der Waals surface area contributed by atoms with Crippen LogP contribution < -0.4 is 10.2 Å². The minimum absolute atomic E-state index is 0.199. The van der Waals surface area contributed by atoms with E-state index in [4.69, 9.17) is 33.0 Å². The second-order valence-corrected chi connectivity index (χ2v) is 9.46. The summed E-state index contributed by atoms with van der Waals surface area (Å²) in [6.45, 7) is 3.54. The number of carbonyl (C=O) groups is 2. The van der Waals surface area contributed by atoms with Crippen molar-refractivity contribution in [3.8, 4) is 0 Å². The summed E-state index contributed by atoms with van der Waals surface area (Å²) in [4.78, 5) is 33.3. The normalized spacial score (nSPS) is 21.6. The molecule has 2 aromatic rings. The van der Waals surface area contributed by atoms with Gasteiger partial charge in [0.1, 0.15) is 10.6 Å². The van der Waals surface area contributed by atoms with Gasteiger partial charge in [0.15, 0.2) is 5.13 Å². The summed E-state index contributed by atoms with van der Waals surface area (Å²) in [5.41, 5.74) is 0.884. The van der Waals surface area contributed by atoms with Crippen molar-refractivity contribution < 1.29 is 19.4 Å². The summed E-state index contributed by atoms with van der Waals surface area (Å²) in [5.74, 6) is -0.732. The van der Waals surface area contributed by atoms with Crippen LogP contribution in [0, 0.1) is 12.8 Å². The van der Waals surface area contributed by atoms with Crippen molar-refractivity contribution in [3.63, 3.8) is 0 Å². The number of ether oxygens (including phenoxy) is 1. The van der Waals surface area contributed by atoms with Gasteiger partial charge in [0.05, 0.1) is 28.4 Å². The number of amides is 1. The molecule has 0 bridgehead atoms. The molecular formula is C19H22Cl2N4O4S. The van der Waals surface area contributed by atoms with Crippen LogP contribution in [0.2, 0.25) is 10.0 Å². The van der Waals surface area contributed by atoms with Crippen molar-refractivity contribution in [3.05, 3.63) is 32.5 Å². The predicted octanol–water partition coefficient (Wildman–Crippen LogP) is 3.59. The average molecular weight is 473 g/mol. The number of rotatable bonds is 7. The van der Waals surface area contributed by atoms with Crippen molar-refractivity contribution in [2.75, 3.05) is 24.6 Å². The Bertz CT molecular complexity index is 958. The molecule has 1 aliphatic heterocycles. The molecule has 2 aromatic heterocycles. The summed E-state index contributed by atoms with van der Waals surface area (Å²) in [6.07, 6.45) is 4.09. The zero-order valence-electron chi connectivity index (χ0n) is 16.3. The van der Waals surface area contributed by atoms with E-state index in [0.717, 1.165) is 24.2 Å². The van der Waals surface area contributed by atoms with Gasteiger partial charge in [-0.15, -0.1) is 0 Å². The number of aryl methyl sites for hydroxylation is 1. The molecule has 1 saturated carbocycles. The molecule has 1 aliphatic carbocycles. The molecule has 2 atom stereocenters. The summed E-state index contributed by atoms with van der Waals surface area (Å²) in [7, 11) is 0. The molecular weight excluding hydrogens is 451 g/mol. The largest absolute Gasteiger partial charge is 0.477 e. The van der Waals surface area contributed by atoms with Gasteiger partial charge in [-0.2, -0.15) is 0 Å². The Labute approximate surface area is 187 Å². The highest BCUT2D eigenvalue weighted by Gasteiger charge is 2.35. The second kappa shape index (κ2) is 8.74. The number of carboxylic acids is 1. The summed E-state index contributed by atoms with van der Waals surface area (Å²) < 4.78 is 6.16. The van der Waals surface area contributed by atoms with E-state index in [0.29, 0.717) is 47.9 Å². The number of halogens is 2. The third-order valence-corrected chi connectivity index (χ3v) is 7.37. The highest BCUT2D eigenvalue weighted by Crippen LogP contribution is 2.32. The molecule has 1 saturated heterocycles. The maximum atomic E-state index is 12.8. The maximum absolute atomic E-state index is 12.8. The number of thiazole rings is 1. The van der Waals surface area contributed by atoms with Crippen LogP contribution in [-0.4, -0.2) is 58.8 Å². The van der Waals surface area contributed by atoms with E-state index in [1.807, 2.05) is 4.90 Å². The van der Waals surface area contributed by atoms with Gasteiger partial charge in [-0.25, -0.2) is 9.78 Å². The Balaban J connectivity index is 1.46. The molecule has 30 heavy (non-hydrogen) atoms. The number of anilines is 1. The highest BCUT2D eigenvalue weighted by atomic mass is 35.5. The Kier molecular flexibility index (Phi) is 6.24. The van der Waals surface area contributed by atoms with Crippen LogP contribution in [-0.2, 0) is 4.74 Å². The van der Waals surface area contributed by atoms with E-state index < -0.39 is 5.97 Å². The number of carboxylic acid groups (broad SMARTS) is 1. The van der Waals surface area contributed by atoms with Crippen molar-refractivity contribution in [2.24, 2.45) is 5.92 Å². The molecule has 0 radical (unpaired) electrons. The lowest BCUT2D eigenvalue weighted by Gasteiger charge is -2.38. The summed E-state index contributed by atoms with van der Waals surface area (Å²) >= 11 is 13.4. The van der Waals surface area contributed by atoms with E-state index >= 15 is 0 Å². The second-order valence-electron chi connectivity index (χ2n) is 7.70. The van der Waals surface area contributed by atoms with E-state index in [2.05, 4.69) is 15.3 Å². The van der Waals surface area contributed by atoms with Gasteiger partial charge in [0.2, 0.25) is 0 Å². The topological polar surface area (TPSA) is 108 Å². The molecule has 2 fully saturated rings. The number of nitrogens with zero attached hydrogens (tertiary/aromatic N) is 2. The third kappa shape index (κ3) is 4.59. The van der Waals surface area contributed by atoms with Crippen LogP contribution in [0.4, 0.5) is 5.13 Å². The lowest BCUT2D eigenvalue weighted by molar-refractivity contribution is 0.0146. The fourth-order valence-corrected chi connectivity index (χ4v) is 4.65. The monoisotopic (exact) mass is 472 g/mol. The highest BCUT2D eigenvalue weighted by molar-refractivity contribution is 7.17. The number of hydrogen-bond donors (Lipinski definition) is 3. The van der Waals surface area contributed by atoms with Crippen molar-refractivity contribution in [1.29, 1.82) is 0 Å². The van der Waals surface area contributed by atoms with Crippen LogP contribution in [0.5, 0.6) is 0 Å². The first-order valence-electron chi connectivity index (χ1n) is 9.73. The first-order chi connectivity index (χ1) is 14.3. The minimum Gasteiger partial charge on any atom is -0.477 e. The zero-order valence-corrected chi connectivity index (χ0v) is 18.6. The predicted molar refractivity (Wildman–Crippen MR) is 115 cm³/mol. The van der Waals surface area contributed by atoms with Crippen LogP contribution in [0.15, 0.2) is 6.20 Å². The summed E-state index contributed by atoms with van der Waals surface area (Å²) in [6, 6.07) is -0.204. The molecule has 2 aliphatic rings. The molecule has 0 aromatic carbocycles. The molecule has 1 amide bonds. The number of aromatic nitrogens is 2. The lowest BCUT2D eigenvalue weighted by Crippen LogP contribution is -2.55. The average Bonchev–Trinajstić information content (AvgIpc) is 3.35. The van der Waals surface area contributed by atoms with E-state index in [-0.39, 0.29) is 33.6 Å². The number of hydrogen-bond acceptors (Lipinski definition) is 6. The van der Waals surface area contributed by atoms with Gasteiger partial charge in [0, 0.05) is 25.4 Å². The molecule has 162 valence electrons. The van der Waals surface area contributed by atoms with Gasteiger partial charge < -0.3 is 25.0 Å². The van der Waals surface area contributed by atoms with Crippen LogP contribution in [0.25, 0.3) is 0 Å². The number of aromatic amines is 1.